The number of amides is 2. The minimum absolute atomic E-state index is 0.0114. The summed E-state index contributed by atoms with van der Waals surface area (Å²) in [6.07, 6.45) is 2.00. The van der Waals surface area contributed by atoms with Gasteiger partial charge in [-0.1, -0.05) is 71.7 Å². The van der Waals surface area contributed by atoms with Gasteiger partial charge in [-0.3, -0.25) is 14.5 Å². The number of hydrogen-bond acceptors (Lipinski definition) is 5. The summed E-state index contributed by atoms with van der Waals surface area (Å²) in [6.45, 7) is 5.50. The number of benzene rings is 3. The summed E-state index contributed by atoms with van der Waals surface area (Å²) in [5.74, 6) is -0.147. The molecule has 2 atom stereocenters. The van der Waals surface area contributed by atoms with E-state index in [0.29, 0.717) is 23.1 Å². The largest absolute Gasteiger partial charge is 0.379 e. The van der Waals surface area contributed by atoms with Crippen LogP contribution >= 0.6 is 35.0 Å². The number of thioether (sulfide) groups is 1. The van der Waals surface area contributed by atoms with Gasteiger partial charge in [0.1, 0.15) is 5.37 Å². The van der Waals surface area contributed by atoms with E-state index in [1.165, 1.54) is 11.8 Å². The van der Waals surface area contributed by atoms with E-state index >= 15 is 0 Å². The minimum atomic E-state index is -0.464. The Bertz CT molecular complexity index is 1310. The lowest BCUT2D eigenvalue weighted by Crippen LogP contribution is -2.37. The van der Waals surface area contributed by atoms with E-state index in [2.05, 4.69) is 28.4 Å². The highest BCUT2D eigenvalue weighted by Gasteiger charge is 2.42. The van der Waals surface area contributed by atoms with Gasteiger partial charge in [0, 0.05) is 48.2 Å². The first-order valence-corrected chi connectivity index (χ1v) is 15.1. The van der Waals surface area contributed by atoms with Crippen molar-refractivity contribution in [1.29, 1.82) is 0 Å². The molecule has 0 bridgehead atoms. The molecule has 5 rings (SSSR count). The summed E-state index contributed by atoms with van der Waals surface area (Å²) in [7, 11) is 0. The third-order valence-electron chi connectivity index (χ3n) is 7.32. The van der Waals surface area contributed by atoms with Gasteiger partial charge in [0.05, 0.1) is 18.5 Å². The van der Waals surface area contributed by atoms with Crippen molar-refractivity contribution in [1.82, 2.24) is 15.1 Å². The number of ether oxygens (including phenoxy) is 1. The zero-order valence-electron chi connectivity index (χ0n) is 21.8. The smallest absolute Gasteiger partial charge is 0.237 e. The van der Waals surface area contributed by atoms with Gasteiger partial charge < -0.3 is 15.0 Å². The highest BCUT2D eigenvalue weighted by Crippen LogP contribution is 2.46. The Morgan fingerprint density at radius 1 is 1.00 bits per heavy atom. The van der Waals surface area contributed by atoms with Crippen molar-refractivity contribution in [2.24, 2.45) is 0 Å². The molecule has 0 saturated carbocycles. The molecule has 3 aromatic carbocycles. The molecule has 39 heavy (non-hydrogen) atoms. The van der Waals surface area contributed by atoms with Crippen LogP contribution in [0.2, 0.25) is 10.0 Å². The summed E-state index contributed by atoms with van der Waals surface area (Å²) in [5, 5.41) is 5.66. The van der Waals surface area contributed by atoms with Gasteiger partial charge in [-0.25, -0.2) is 0 Å². The Hall–Kier alpha value is -2.29. The zero-order chi connectivity index (χ0) is 27.2. The average Bonchev–Trinajstić information content (AvgIpc) is 3.24. The Kier molecular flexibility index (Phi) is 9.69. The second kappa shape index (κ2) is 13.4. The number of nitrogens with zero attached hydrogens (tertiary/aromatic N) is 2. The van der Waals surface area contributed by atoms with Crippen LogP contribution < -0.4 is 5.32 Å². The fourth-order valence-electron chi connectivity index (χ4n) is 5.22. The number of carbonyl (C=O) groups is 2. The molecule has 2 saturated heterocycles. The number of hydrogen-bond donors (Lipinski definition) is 1. The summed E-state index contributed by atoms with van der Waals surface area (Å²) in [5.41, 5.74) is 1.91. The summed E-state index contributed by atoms with van der Waals surface area (Å²) in [6, 6.07) is 19.6. The van der Waals surface area contributed by atoms with Gasteiger partial charge in [-0.05, 0) is 47.9 Å². The fraction of sp³-hybridized carbons (Fsp3) is 0.400. The van der Waals surface area contributed by atoms with Gasteiger partial charge in [0.15, 0.2) is 0 Å². The maximum Gasteiger partial charge on any atom is 0.237 e. The fourth-order valence-corrected chi connectivity index (χ4v) is 7.31. The van der Waals surface area contributed by atoms with E-state index in [0.717, 1.165) is 67.6 Å². The van der Waals surface area contributed by atoms with Crippen LogP contribution in [0.15, 0.2) is 60.7 Å². The van der Waals surface area contributed by atoms with Crippen LogP contribution in [-0.2, 0) is 20.9 Å². The van der Waals surface area contributed by atoms with E-state index in [-0.39, 0.29) is 23.6 Å². The number of rotatable bonds is 10. The molecule has 2 aliphatic rings. The summed E-state index contributed by atoms with van der Waals surface area (Å²) >= 11 is 14.2. The standard InChI is InChI=1S/C30H33Cl2N3O3S/c31-23-10-11-25(26(32)18-23)30-35(13-4-3-12-34-14-16-38-17-15-34)29(37)27(39-30)19-28(36)33-20-22-8-5-7-21-6-1-2-9-24(21)22/h1-2,5-11,18,27,30H,3-4,12-17,19-20H2,(H,33,36)/t27-,30-/m1/s1. The number of fused-ring (bicyclic) bond motifs is 1. The quantitative estimate of drug-likeness (QED) is 0.300. The van der Waals surface area contributed by atoms with Gasteiger partial charge in [-0.2, -0.15) is 0 Å². The number of halogens is 2. The van der Waals surface area contributed by atoms with Gasteiger partial charge in [-0.15, -0.1) is 11.8 Å². The predicted octanol–water partition coefficient (Wildman–Crippen LogP) is 5.91. The molecule has 2 amide bonds. The lowest BCUT2D eigenvalue weighted by atomic mass is 10.0. The first-order chi connectivity index (χ1) is 19.0. The number of morpholine rings is 1. The third kappa shape index (κ3) is 7.08. The van der Waals surface area contributed by atoms with Crippen molar-refractivity contribution in [3.63, 3.8) is 0 Å². The van der Waals surface area contributed by atoms with Crippen molar-refractivity contribution in [2.75, 3.05) is 39.4 Å². The molecule has 0 unspecified atom stereocenters. The lowest BCUT2D eigenvalue weighted by molar-refractivity contribution is -0.132. The van der Waals surface area contributed by atoms with E-state index in [9.17, 15) is 9.59 Å². The highest BCUT2D eigenvalue weighted by molar-refractivity contribution is 8.01. The number of nitrogens with one attached hydrogen (secondary N) is 1. The Balaban J connectivity index is 1.22. The van der Waals surface area contributed by atoms with Gasteiger partial charge >= 0.3 is 0 Å². The van der Waals surface area contributed by atoms with Crippen molar-refractivity contribution >= 4 is 57.6 Å². The second-order valence-electron chi connectivity index (χ2n) is 9.95. The van der Waals surface area contributed by atoms with Crippen LogP contribution in [0.25, 0.3) is 10.8 Å². The maximum atomic E-state index is 13.6. The van der Waals surface area contributed by atoms with Gasteiger partial charge in [0.2, 0.25) is 11.8 Å². The monoisotopic (exact) mass is 585 g/mol. The first-order valence-electron chi connectivity index (χ1n) is 13.4. The maximum absolute atomic E-state index is 13.6. The van der Waals surface area contributed by atoms with E-state index in [1.54, 1.807) is 12.1 Å². The van der Waals surface area contributed by atoms with E-state index in [1.807, 2.05) is 35.2 Å². The number of carbonyl (C=O) groups excluding carboxylic acids is 2. The normalized spacial score (nSPS) is 20.1. The van der Waals surface area contributed by atoms with Gasteiger partial charge in [0.25, 0.3) is 0 Å². The van der Waals surface area contributed by atoms with E-state index < -0.39 is 5.25 Å². The molecule has 1 N–H and O–H groups in total. The molecule has 0 aliphatic carbocycles. The summed E-state index contributed by atoms with van der Waals surface area (Å²) in [4.78, 5) is 30.9. The number of unbranched alkanes of at least 4 members (excludes halogenated alkanes) is 1. The van der Waals surface area contributed by atoms with Crippen molar-refractivity contribution in [3.8, 4) is 0 Å². The molecule has 206 valence electrons. The van der Waals surface area contributed by atoms with Crippen LogP contribution in [0.4, 0.5) is 0 Å². The van der Waals surface area contributed by atoms with Crippen molar-refractivity contribution < 1.29 is 14.3 Å². The molecule has 0 aromatic heterocycles. The Labute approximate surface area is 244 Å². The topological polar surface area (TPSA) is 61.9 Å². The second-order valence-corrected chi connectivity index (χ2v) is 12.1. The molecular formula is C30H33Cl2N3O3S. The van der Waals surface area contributed by atoms with Crippen LogP contribution in [0.5, 0.6) is 0 Å². The Morgan fingerprint density at radius 3 is 2.59 bits per heavy atom. The molecular weight excluding hydrogens is 553 g/mol. The van der Waals surface area contributed by atoms with Crippen LogP contribution in [-0.4, -0.2) is 66.3 Å². The molecule has 2 aliphatic heterocycles. The third-order valence-corrected chi connectivity index (χ3v) is 9.34. The molecule has 2 heterocycles. The van der Waals surface area contributed by atoms with Crippen LogP contribution in [0.3, 0.4) is 0 Å². The highest BCUT2D eigenvalue weighted by atomic mass is 35.5. The zero-order valence-corrected chi connectivity index (χ0v) is 24.1. The van der Waals surface area contributed by atoms with Crippen molar-refractivity contribution in [3.05, 3.63) is 81.8 Å². The lowest BCUT2D eigenvalue weighted by Gasteiger charge is -2.28. The SMILES string of the molecule is O=C(C[C@H]1S[C@H](c2ccc(Cl)cc2Cl)N(CCCCN2CCOCC2)C1=O)NCc1cccc2ccccc12. The molecule has 9 heteroatoms. The molecule has 0 radical (unpaired) electrons. The molecule has 2 fully saturated rings. The Morgan fingerprint density at radius 2 is 1.77 bits per heavy atom. The van der Waals surface area contributed by atoms with Crippen LogP contribution in [0, 0.1) is 0 Å². The average molecular weight is 587 g/mol. The summed E-state index contributed by atoms with van der Waals surface area (Å²) < 4.78 is 5.44. The van der Waals surface area contributed by atoms with E-state index in [4.69, 9.17) is 27.9 Å². The molecule has 3 aromatic rings. The first kappa shape index (κ1) is 28.2. The molecule has 0 spiro atoms. The van der Waals surface area contributed by atoms with Crippen LogP contribution in [0.1, 0.15) is 35.8 Å². The van der Waals surface area contributed by atoms with Crippen molar-refractivity contribution in [2.45, 2.75) is 36.4 Å². The minimum Gasteiger partial charge on any atom is -0.379 e. The predicted molar refractivity (Wildman–Crippen MR) is 159 cm³/mol. The molecule has 6 nitrogen and oxygen atoms in total.